The summed E-state index contributed by atoms with van der Waals surface area (Å²) in [6, 6.07) is 19.1. The van der Waals surface area contributed by atoms with Crippen molar-refractivity contribution in [3.8, 4) is 11.1 Å². The van der Waals surface area contributed by atoms with Crippen LogP contribution in [0, 0.1) is 0 Å². The molecule has 2 aromatic carbocycles. The molecule has 3 nitrogen and oxygen atoms in total. The lowest BCUT2D eigenvalue weighted by molar-refractivity contribution is 0.729. The summed E-state index contributed by atoms with van der Waals surface area (Å²) >= 11 is 0. The van der Waals surface area contributed by atoms with E-state index in [4.69, 9.17) is 0 Å². The maximum absolute atomic E-state index is 4.23. The highest BCUT2D eigenvalue weighted by Gasteiger charge is 2.29. The van der Waals surface area contributed by atoms with E-state index in [0.717, 1.165) is 6.17 Å². The molecule has 0 aliphatic carbocycles. The third-order valence-corrected chi connectivity index (χ3v) is 7.86. The Bertz CT molecular complexity index is 769. The largest absolute Gasteiger partial charge is 0.255 e. The molecule has 0 saturated carbocycles. The minimum atomic E-state index is -2.06. The van der Waals surface area contributed by atoms with Gasteiger partial charge in [-0.15, -0.1) is 13.2 Å². The van der Waals surface area contributed by atoms with Gasteiger partial charge in [0.15, 0.2) is 8.07 Å². The Balaban J connectivity index is 1.94. The van der Waals surface area contributed by atoms with Crippen molar-refractivity contribution in [2.24, 2.45) is 0 Å². The molecular formula is C19H19N3Si. The molecule has 0 fully saturated rings. The average Bonchev–Trinajstić information content (AvgIpc) is 3.14. The second-order valence-electron chi connectivity index (χ2n) is 5.49. The van der Waals surface area contributed by atoms with Gasteiger partial charge in [-0.3, -0.25) is 4.68 Å². The van der Waals surface area contributed by atoms with Crippen molar-refractivity contribution in [3.05, 3.63) is 91.8 Å². The van der Waals surface area contributed by atoms with Crippen molar-refractivity contribution >= 4 is 13.3 Å². The van der Waals surface area contributed by atoms with Crippen LogP contribution in [-0.4, -0.2) is 22.8 Å². The Labute approximate surface area is 137 Å². The third kappa shape index (κ3) is 3.07. The molecule has 0 N–H and O–H groups in total. The topological polar surface area (TPSA) is 30.7 Å². The van der Waals surface area contributed by atoms with Gasteiger partial charge in [0.1, 0.15) is 12.7 Å². The third-order valence-electron chi connectivity index (χ3n) is 4.15. The van der Waals surface area contributed by atoms with Crippen LogP contribution in [0.4, 0.5) is 0 Å². The van der Waals surface area contributed by atoms with Crippen LogP contribution in [0.5, 0.6) is 0 Å². The fraction of sp³-hybridized carbons (Fsp3) is 0.0526. The van der Waals surface area contributed by atoms with Crippen molar-refractivity contribution in [3.63, 3.8) is 0 Å². The lowest BCUT2D eigenvalue weighted by Gasteiger charge is -2.25. The number of aromatic nitrogens is 3. The van der Waals surface area contributed by atoms with E-state index >= 15 is 0 Å². The second-order valence-corrected chi connectivity index (χ2v) is 9.28. The summed E-state index contributed by atoms with van der Waals surface area (Å²) < 4.78 is 1.86. The van der Waals surface area contributed by atoms with E-state index in [-0.39, 0.29) is 0 Å². The van der Waals surface area contributed by atoms with Crippen LogP contribution in [0.3, 0.4) is 0 Å². The summed E-state index contributed by atoms with van der Waals surface area (Å²) in [4.78, 5) is 4.03. The fourth-order valence-electron chi connectivity index (χ4n) is 2.73. The molecule has 1 heterocycles. The zero-order valence-electron chi connectivity index (χ0n) is 13.0. The van der Waals surface area contributed by atoms with Crippen LogP contribution in [0.25, 0.3) is 11.1 Å². The first-order valence-electron chi connectivity index (χ1n) is 7.53. The highest BCUT2D eigenvalue weighted by atomic mass is 28.3. The summed E-state index contributed by atoms with van der Waals surface area (Å²) in [5.41, 5.74) is 6.55. The van der Waals surface area contributed by atoms with Crippen LogP contribution in [0.15, 0.2) is 91.8 Å². The predicted octanol–water partition coefficient (Wildman–Crippen LogP) is 3.29. The molecule has 0 aliphatic rings. The van der Waals surface area contributed by atoms with E-state index in [2.05, 4.69) is 83.2 Å². The normalized spacial score (nSPS) is 11.1. The van der Waals surface area contributed by atoms with Gasteiger partial charge in [0, 0.05) is 6.17 Å². The van der Waals surface area contributed by atoms with Crippen molar-refractivity contribution in [2.45, 2.75) is 6.17 Å². The van der Waals surface area contributed by atoms with Gasteiger partial charge in [-0.25, -0.2) is 4.98 Å². The van der Waals surface area contributed by atoms with Crippen LogP contribution in [-0.2, 0) is 6.17 Å². The van der Waals surface area contributed by atoms with Gasteiger partial charge >= 0.3 is 0 Å². The summed E-state index contributed by atoms with van der Waals surface area (Å²) in [5.74, 6) is 0. The van der Waals surface area contributed by atoms with E-state index in [0.29, 0.717) is 0 Å². The second kappa shape index (κ2) is 6.58. The van der Waals surface area contributed by atoms with E-state index in [9.17, 15) is 0 Å². The molecule has 0 amide bonds. The van der Waals surface area contributed by atoms with Crippen molar-refractivity contribution in [2.75, 3.05) is 0 Å². The lowest BCUT2D eigenvalue weighted by Crippen LogP contribution is -2.49. The van der Waals surface area contributed by atoms with E-state index in [1.165, 1.54) is 16.3 Å². The summed E-state index contributed by atoms with van der Waals surface area (Å²) in [5, 5.41) is 5.51. The first kappa shape index (κ1) is 15.2. The monoisotopic (exact) mass is 317 g/mol. The zero-order valence-corrected chi connectivity index (χ0v) is 14.0. The van der Waals surface area contributed by atoms with Gasteiger partial charge in [-0.05, 0) is 16.3 Å². The predicted molar refractivity (Wildman–Crippen MR) is 97.7 cm³/mol. The van der Waals surface area contributed by atoms with Gasteiger partial charge in [-0.2, -0.15) is 5.10 Å². The van der Waals surface area contributed by atoms with Crippen molar-refractivity contribution < 1.29 is 0 Å². The molecule has 23 heavy (non-hydrogen) atoms. The Morgan fingerprint density at radius 2 is 1.57 bits per heavy atom. The average molecular weight is 317 g/mol. The fourth-order valence-corrected chi connectivity index (χ4v) is 5.29. The minimum absolute atomic E-state index is 0.769. The van der Waals surface area contributed by atoms with Crippen LogP contribution in [0.1, 0.15) is 0 Å². The standard InChI is InChI=1S/C19H19N3Si/c1-3-23(4-2,16-22-15-20-14-21-22)19-12-10-18(11-13-19)17-8-6-5-7-9-17/h3-15H,1-2,16H2. The summed E-state index contributed by atoms with van der Waals surface area (Å²) in [6.45, 7) is 8.14. The Kier molecular flexibility index (Phi) is 4.35. The van der Waals surface area contributed by atoms with Crippen LogP contribution in [0.2, 0.25) is 0 Å². The van der Waals surface area contributed by atoms with Gasteiger partial charge in [0.05, 0.1) is 0 Å². The molecule has 0 atom stereocenters. The van der Waals surface area contributed by atoms with Gasteiger partial charge in [-0.1, -0.05) is 66.0 Å². The number of rotatable bonds is 6. The van der Waals surface area contributed by atoms with E-state index < -0.39 is 8.07 Å². The molecule has 3 rings (SSSR count). The first-order valence-corrected chi connectivity index (χ1v) is 9.89. The maximum atomic E-state index is 4.23. The number of hydrogen-bond acceptors (Lipinski definition) is 2. The van der Waals surface area contributed by atoms with E-state index in [1.807, 2.05) is 10.7 Å². The van der Waals surface area contributed by atoms with Crippen LogP contribution < -0.4 is 5.19 Å². The number of benzene rings is 2. The minimum Gasteiger partial charge on any atom is -0.255 e. The molecule has 114 valence electrons. The van der Waals surface area contributed by atoms with Crippen LogP contribution >= 0.6 is 0 Å². The molecule has 0 radical (unpaired) electrons. The molecule has 0 saturated heterocycles. The molecule has 0 aliphatic heterocycles. The van der Waals surface area contributed by atoms with E-state index in [1.54, 1.807) is 12.7 Å². The maximum Gasteiger partial charge on any atom is 0.154 e. The molecule has 3 aromatic rings. The van der Waals surface area contributed by atoms with Gasteiger partial charge < -0.3 is 0 Å². The zero-order chi connectivity index (χ0) is 16.1. The lowest BCUT2D eigenvalue weighted by atomic mass is 10.1. The smallest absolute Gasteiger partial charge is 0.154 e. The SMILES string of the molecule is C=C[Si](C=C)(Cn1cncn1)c1ccc(-c2ccccc2)cc1. The van der Waals surface area contributed by atoms with Gasteiger partial charge in [0.25, 0.3) is 0 Å². The molecule has 0 spiro atoms. The Hall–Kier alpha value is -2.72. The highest BCUT2D eigenvalue weighted by Crippen LogP contribution is 2.19. The molecule has 0 bridgehead atoms. The van der Waals surface area contributed by atoms with Crippen molar-refractivity contribution in [1.29, 1.82) is 0 Å². The Morgan fingerprint density at radius 1 is 0.913 bits per heavy atom. The molecule has 4 heteroatoms. The number of nitrogens with zero attached hydrogens (tertiary/aromatic N) is 3. The number of hydrogen-bond donors (Lipinski definition) is 0. The summed E-state index contributed by atoms with van der Waals surface area (Å²) in [7, 11) is -2.06. The van der Waals surface area contributed by atoms with Crippen molar-refractivity contribution in [1.82, 2.24) is 14.8 Å². The first-order chi connectivity index (χ1) is 11.3. The molecular weight excluding hydrogens is 298 g/mol. The molecule has 1 aromatic heterocycles. The van der Waals surface area contributed by atoms with Gasteiger partial charge in [0.2, 0.25) is 0 Å². The Morgan fingerprint density at radius 3 is 2.13 bits per heavy atom. The summed E-state index contributed by atoms with van der Waals surface area (Å²) in [6.07, 6.45) is 4.07. The highest BCUT2D eigenvalue weighted by molar-refractivity contribution is 6.98. The quantitative estimate of drug-likeness (QED) is 0.653. The molecule has 0 unspecified atom stereocenters.